The molecule has 0 bridgehead atoms. The third kappa shape index (κ3) is 4.30. The summed E-state index contributed by atoms with van der Waals surface area (Å²) < 4.78 is 5.90. The van der Waals surface area contributed by atoms with Crippen LogP contribution >= 0.6 is 34.8 Å². The average molecular weight is 444 g/mol. The van der Waals surface area contributed by atoms with E-state index in [0.29, 0.717) is 43.5 Å². The van der Waals surface area contributed by atoms with Crippen LogP contribution in [0, 0.1) is 0 Å². The van der Waals surface area contributed by atoms with Crippen LogP contribution in [0.25, 0.3) is 22.8 Å². The third-order valence-corrected chi connectivity index (χ3v) is 5.21. The first-order valence-corrected chi connectivity index (χ1v) is 9.72. The molecule has 0 saturated carbocycles. The SMILES string of the molecule is O=C(Nc1ccc(Cl)c(Cl)c1)c1ccccc1-c1ncc(-c2ccc(Cl)cc2)o1. The Kier molecular flexibility index (Phi) is 5.58. The van der Waals surface area contributed by atoms with Crippen molar-refractivity contribution >= 4 is 46.4 Å². The number of halogens is 3. The molecule has 1 aromatic heterocycles. The molecule has 0 aliphatic heterocycles. The van der Waals surface area contributed by atoms with Crippen molar-refractivity contribution in [3.05, 3.63) is 93.6 Å². The van der Waals surface area contributed by atoms with E-state index in [1.54, 1.807) is 54.7 Å². The number of hydrogen-bond donors (Lipinski definition) is 1. The second-order valence-electron chi connectivity index (χ2n) is 6.17. The predicted molar refractivity (Wildman–Crippen MR) is 117 cm³/mol. The highest BCUT2D eigenvalue weighted by atomic mass is 35.5. The largest absolute Gasteiger partial charge is 0.436 e. The lowest BCUT2D eigenvalue weighted by molar-refractivity contribution is 0.102. The summed E-state index contributed by atoms with van der Waals surface area (Å²) in [4.78, 5) is 17.2. The Balaban J connectivity index is 1.64. The molecule has 4 aromatic rings. The monoisotopic (exact) mass is 442 g/mol. The molecule has 144 valence electrons. The van der Waals surface area contributed by atoms with Crippen LogP contribution in [-0.2, 0) is 0 Å². The molecule has 0 atom stereocenters. The number of oxazole rings is 1. The lowest BCUT2D eigenvalue weighted by atomic mass is 10.1. The Bertz CT molecular complexity index is 1190. The number of nitrogens with zero attached hydrogens (tertiary/aromatic N) is 1. The Morgan fingerprint density at radius 2 is 1.66 bits per heavy atom. The van der Waals surface area contributed by atoms with Gasteiger partial charge >= 0.3 is 0 Å². The highest BCUT2D eigenvalue weighted by Crippen LogP contribution is 2.30. The van der Waals surface area contributed by atoms with Gasteiger partial charge in [-0.3, -0.25) is 4.79 Å². The minimum absolute atomic E-state index is 0.315. The van der Waals surface area contributed by atoms with Crippen LogP contribution in [0.1, 0.15) is 10.4 Å². The number of rotatable bonds is 4. The summed E-state index contributed by atoms with van der Waals surface area (Å²) in [5.74, 6) is 0.608. The van der Waals surface area contributed by atoms with Gasteiger partial charge in [-0.1, -0.05) is 46.9 Å². The zero-order valence-corrected chi connectivity index (χ0v) is 17.1. The van der Waals surface area contributed by atoms with Crippen molar-refractivity contribution in [3.63, 3.8) is 0 Å². The van der Waals surface area contributed by atoms with E-state index in [9.17, 15) is 4.79 Å². The summed E-state index contributed by atoms with van der Waals surface area (Å²) in [5, 5.41) is 4.23. The molecule has 4 rings (SSSR count). The maximum Gasteiger partial charge on any atom is 0.256 e. The summed E-state index contributed by atoms with van der Waals surface area (Å²) in [7, 11) is 0. The Labute approximate surface area is 182 Å². The highest BCUT2D eigenvalue weighted by molar-refractivity contribution is 6.42. The number of aromatic nitrogens is 1. The Morgan fingerprint density at radius 1 is 0.897 bits per heavy atom. The molecule has 4 nitrogen and oxygen atoms in total. The van der Waals surface area contributed by atoms with Gasteiger partial charge in [0, 0.05) is 21.8 Å². The van der Waals surface area contributed by atoms with E-state index in [4.69, 9.17) is 39.2 Å². The van der Waals surface area contributed by atoms with Gasteiger partial charge in [0.25, 0.3) is 5.91 Å². The fraction of sp³-hybridized carbons (Fsp3) is 0. The van der Waals surface area contributed by atoms with Gasteiger partial charge in [-0.2, -0.15) is 0 Å². The number of amides is 1. The molecule has 1 heterocycles. The molecule has 0 unspecified atom stereocenters. The number of benzene rings is 3. The molecule has 1 amide bonds. The van der Waals surface area contributed by atoms with Crippen molar-refractivity contribution in [1.82, 2.24) is 4.98 Å². The number of hydrogen-bond acceptors (Lipinski definition) is 3. The van der Waals surface area contributed by atoms with Crippen molar-refractivity contribution in [2.75, 3.05) is 5.32 Å². The third-order valence-electron chi connectivity index (χ3n) is 4.21. The van der Waals surface area contributed by atoms with Gasteiger partial charge in [-0.05, 0) is 54.6 Å². The van der Waals surface area contributed by atoms with Gasteiger partial charge in [-0.25, -0.2) is 4.98 Å². The standard InChI is InChI=1S/C22H13Cl3N2O2/c23-14-7-5-13(6-8-14)20-12-26-22(29-20)17-4-2-1-3-16(17)21(28)27-15-9-10-18(24)19(25)11-15/h1-12H,(H,27,28). The second-order valence-corrected chi connectivity index (χ2v) is 7.42. The van der Waals surface area contributed by atoms with Gasteiger partial charge < -0.3 is 9.73 Å². The second kappa shape index (κ2) is 8.29. The van der Waals surface area contributed by atoms with Crippen LogP contribution in [0.4, 0.5) is 5.69 Å². The summed E-state index contributed by atoms with van der Waals surface area (Å²) in [6.07, 6.45) is 1.62. The molecular formula is C22H13Cl3N2O2. The molecule has 0 saturated heterocycles. The summed E-state index contributed by atoms with van der Waals surface area (Å²) in [6, 6.07) is 19.2. The minimum Gasteiger partial charge on any atom is -0.436 e. The number of carbonyl (C=O) groups is 1. The van der Waals surface area contributed by atoms with E-state index in [1.807, 2.05) is 18.2 Å². The molecule has 1 N–H and O–H groups in total. The van der Waals surface area contributed by atoms with Gasteiger partial charge in [0.2, 0.25) is 5.89 Å². The van der Waals surface area contributed by atoms with Crippen molar-refractivity contribution in [1.29, 1.82) is 0 Å². The molecule has 0 aliphatic carbocycles. The van der Waals surface area contributed by atoms with Gasteiger partial charge in [0.15, 0.2) is 5.76 Å². The molecule has 0 aliphatic rings. The molecule has 0 fully saturated rings. The smallest absolute Gasteiger partial charge is 0.256 e. The number of carbonyl (C=O) groups excluding carboxylic acids is 1. The fourth-order valence-corrected chi connectivity index (χ4v) is 3.21. The zero-order chi connectivity index (χ0) is 20.4. The topological polar surface area (TPSA) is 55.1 Å². The summed E-state index contributed by atoms with van der Waals surface area (Å²) >= 11 is 17.9. The van der Waals surface area contributed by atoms with E-state index in [2.05, 4.69) is 10.3 Å². The lowest BCUT2D eigenvalue weighted by Gasteiger charge is -2.09. The van der Waals surface area contributed by atoms with Crippen molar-refractivity contribution in [2.24, 2.45) is 0 Å². The first-order chi connectivity index (χ1) is 14.0. The van der Waals surface area contributed by atoms with Crippen molar-refractivity contribution in [2.45, 2.75) is 0 Å². The molecule has 0 radical (unpaired) electrons. The van der Waals surface area contributed by atoms with E-state index < -0.39 is 0 Å². The van der Waals surface area contributed by atoms with E-state index in [0.717, 1.165) is 5.56 Å². The molecular weight excluding hydrogens is 431 g/mol. The van der Waals surface area contributed by atoms with Gasteiger partial charge in [0.1, 0.15) is 0 Å². The quantitative estimate of drug-likeness (QED) is 0.362. The maximum absolute atomic E-state index is 12.8. The lowest BCUT2D eigenvalue weighted by Crippen LogP contribution is -2.13. The van der Waals surface area contributed by atoms with Crippen LogP contribution in [0.3, 0.4) is 0 Å². The first-order valence-electron chi connectivity index (χ1n) is 8.59. The van der Waals surface area contributed by atoms with Crippen LogP contribution in [0.15, 0.2) is 77.3 Å². The van der Waals surface area contributed by atoms with E-state index >= 15 is 0 Å². The minimum atomic E-state index is -0.315. The number of nitrogens with one attached hydrogen (secondary N) is 1. The van der Waals surface area contributed by atoms with Crippen molar-refractivity contribution in [3.8, 4) is 22.8 Å². The molecule has 7 heteroatoms. The summed E-state index contributed by atoms with van der Waals surface area (Å²) in [5.41, 5.74) is 2.37. The first kappa shape index (κ1) is 19.5. The highest BCUT2D eigenvalue weighted by Gasteiger charge is 2.17. The molecule has 0 spiro atoms. The van der Waals surface area contributed by atoms with Crippen LogP contribution in [0.2, 0.25) is 15.1 Å². The molecule has 3 aromatic carbocycles. The van der Waals surface area contributed by atoms with E-state index in [1.165, 1.54) is 0 Å². The van der Waals surface area contributed by atoms with Crippen LogP contribution in [-0.4, -0.2) is 10.9 Å². The Morgan fingerprint density at radius 3 is 2.41 bits per heavy atom. The van der Waals surface area contributed by atoms with Gasteiger partial charge in [0.05, 0.1) is 21.8 Å². The van der Waals surface area contributed by atoms with Gasteiger partial charge in [-0.15, -0.1) is 0 Å². The normalized spacial score (nSPS) is 10.7. The molecule has 29 heavy (non-hydrogen) atoms. The van der Waals surface area contributed by atoms with Crippen LogP contribution in [0.5, 0.6) is 0 Å². The van der Waals surface area contributed by atoms with Crippen LogP contribution < -0.4 is 5.32 Å². The average Bonchev–Trinajstić information content (AvgIpc) is 3.21. The van der Waals surface area contributed by atoms with Crippen molar-refractivity contribution < 1.29 is 9.21 Å². The summed E-state index contributed by atoms with van der Waals surface area (Å²) in [6.45, 7) is 0. The number of anilines is 1. The predicted octanol–water partition coefficient (Wildman–Crippen LogP) is 7.22. The maximum atomic E-state index is 12.8. The van der Waals surface area contributed by atoms with E-state index in [-0.39, 0.29) is 5.91 Å². The Hall–Kier alpha value is -2.79. The zero-order valence-electron chi connectivity index (χ0n) is 14.8. The fourth-order valence-electron chi connectivity index (χ4n) is 2.79.